The van der Waals surface area contributed by atoms with Crippen LogP contribution in [0.1, 0.15) is 38.8 Å². The van der Waals surface area contributed by atoms with E-state index in [9.17, 15) is 9.59 Å². The van der Waals surface area contributed by atoms with E-state index < -0.39 is 0 Å². The molecule has 0 aliphatic carbocycles. The maximum Gasteiger partial charge on any atom is 0.244 e. The van der Waals surface area contributed by atoms with E-state index in [4.69, 9.17) is 0 Å². The van der Waals surface area contributed by atoms with Crippen LogP contribution in [0.4, 0.5) is 5.69 Å². The zero-order valence-electron chi connectivity index (χ0n) is 15.4. The Balaban J connectivity index is 1.98. The highest BCUT2D eigenvalue weighted by atomic mass is 16.2. The normalized spacial score (nSPS) is 11.0. The molecule has 0 saturated heterocycles. The smallest absolute Gasteiger partial charge is 0.244 e. The molecule has 4 nitrogen and oxygen atoms in total. The van der Waals surface area contributed by atoms with Crippen LogP contribution in [0.2, 0.25) is 0 Å². The largest absolute Gasteiger partial charge is 0.329 e. The van der Waals surface area contributed by atoms with E-state index in [2.05, 4.69) is 26.1 Å². The lowest BCUT2D eigenvalue weighted by Crippen LogP contribution is -2.36. The van der Waals surface area contributed by atoms with Gasteiger partial charge in [0.1, 0.15) is 6.54 Å². The van der Waals surface area contributed by atoms with Gasteiger partial charge in [0, 0.05) is 19.2 Å². The Morgan fingerprint density at radius 3 is 2.08 bits per heavy atom. The lowest BCUT2D eigenvalue weighted by molar-refractivity contribution is -0.133. The molecular formula is C21H26N2O2. The number of anilines is 1. The number of hydrogen-bond acceptors (Lipinski definition) is 2. The molecular weight excluding hydrogens is 312 g/mol. The van der Waals surface area contributed by atoms with E-state index in [-0.39, 0.29) is 23.8 Å². The van der Waals surface area contributed by atoms with Gasteiger partial charge in [-0.05, 0) is 28.7 Å². The monoisotopic (exact) mass is 338 g/mol. The van der Waals surface area contributed by atoms with E-state index in [1.807, 2.05) is 54.6 Å². The molecule has 2 aromatic rings. The number of amides is 2. The molecule has 0 aromatic heterocycles. The highest BCUT2D eigenvalue weighted by molar-refractivity contribution is 5.94. The minimum atomic E-state index is -0.199. The SMILES string of the molecule is CC(=O)N(CC(=O)Nc1ccc(C(C)(C)C)cc1)Cc1ccccc1. The van der Waals surface area contributed by atoms with E-state index in [0.29, 0.717) is 6.54 Å². The molecule has 2 amide bonds. The zero-order valence-corrected chi connectivity index (χ0v) is 15.4. The Labute approximate surface area is 149 Å². The molecule has 0 bridgehead atoms. The summed E-state index contributed by atoms with van der Waals surface area (Å²) in [5.74, 6) is -0.322. The van der Waals surface area contributed by atoms with Crippen LogP contribution in [0.5, 0.6) is 0 Å². The zero-order chi connectivity index (χ0) is 18.4. The van der Waals surface area contributed by atoms with Crippen LogP contribution in [0.15, 0.2) is 54.6 Å². The molecule has 0 fully saturated rings. The van der Waals surface area contributed by atoms with Gasteiger partial charge in [-0.1, -0.05) is 63.2 Å². The van der Waals surface area contributed by atoms with Crippen molar-refractivity contribution in [3.05, 3.63) is 65.7 Å². The van der Waals surface area contributed by atoms with E-state index in [1.54, 1.807) is 0 Å². The second-order valence-electron chi connectivity index (χ2n) is 7.24. The van der Waals surface area contributed by atoms with Gasteiger partial charge in [-0.3, -0.25) is 9.59 Å². The van der Waals surface area contributed by atoms with Crippen molar-refractivity contribution in [2.45, 2.75) is 39.7 Å². The van der Waals surface area contributed by atoms with Gasteiger partial charge in [-0.25, -0.2) is 0 Å². The second-order valence-corrected chi connectivity index (χ2v) is 7.24. The molecule has 0 aliphatic rings. The van der Waals surface area contributed by atoms with E-state index in [1.165, 1.54) is 17.4 Å². The maximum absolute atomic E-state index is 12.3. The first-order valence-electron chi connectivity index (χ1n) is 8.45. The minimum Gasteiger partial charge on any atom is -0.329 e. The topological polar surface area (TPSA) is 49.4 Å². The van der Waals surface area contributed by atoms with Crippen LogP contribution < -0.4 is 5.32 Å². The number of rotatable bonds is 5. The van der Waals surface area contributed by atoms with Gasteiger partial charge in [0.25, 0.3) is 0 Å². The second kappa shape index (κ2) is 7.97. The van der Waals surface area contributed by atoms with Crippen molar-refractivity contribution in [2.75, 3.05) is 11.9 Å². The predicted molar refractivity (Wildman–Crippen MR) is 101 cm³/mol. The number of nitrogens with zero attached hydrogens (tertiary/aromatic N) is 1. The Morgan fingerprint density at radius 1 is 0.960 bits per heavy atom. The van der Waals surface area contributed by atoms with Crippen molar-refractivity contribution in [2.24, 2.45) is 0 Å². The third-order valence-corrected chi connectivity index (χ3v) is 4.03. The van der Waals surface area contributed by atoms with Crippen molar-refractivity contribution in [3.63, 3.8) is 0 Å². The minimum absolute atomic E-state index is 0.0330. The van der Waals surface area contributed by atoms with Crippen LogP contribution in [-0.4, -0.2) is 23.3 Å². The molecule has 2 rings (SSSR count). The fraction of sp³-hybridized carbons (Fsp3) is 0.333. The number of hydrogen-bond donors (Lipinski definition) is 1. The Bertz CT molecular complexity index is 716. The van der Waals surface area contributed by atoms with Gasteiger partial charge in [0.05, 0.1) is 0 Å². The van der Waals surface area contributed by atoms with Crippen molar-refractivity contribution in [1.29, 1.82) is 0 Å². The van der Waals surface area contributed by atoms with Crippen molar-refractivity contribution in [1.82, 2.24) is 4.90 Å². The molecule has 0 unspecified atom stereocenters. The summed E-state index contributed by atoms with van der Waals surface area (Å²) in [4.78, 5) is 25.7. The highest BCUT2D eigenvalue weighted by Gasteiger charge is 2.16. The fourth-order valence-electron chi connectivity index (χ4n) is 2.51. The summed E-state index contributed by atoms with van der Waals surface area (Å²) in [5.41, 5.74) is 3.02. The molecule has 0 saturated carbocycles. The molecule has 25 heavy (non-hydrogen) atoms. The first-order valence-corrected chi connectivity index (χ1v) is 8.45. The molecule has 0 aliphatic heterocycles. The Hall–Kier alpha value is -2.62. The molecule has 0 spiro atoms. The van der Waals surface area contributed by atoms with Gasteiger partial charge in [-0.15, -0.1) is 0 Å². The molecule has 0 heterocycles. The van der Waals surface area contributed by atoms with Crippen molar-refractivity contribution < 1.29 is 9.59 Å². The number of benzene rings is 2. The first-order chi connectivity index (χ1) is 11.8. The summed E-state index contributed by atoms with van der Waals surface area (Å²) in [6, 6.07) is 17.5. The first kappa shape index (κ1) is 18.7. The van der Waals surface area contributed by atoms with E-state index in [0.717, 1.165) is 11.3 Å². The van der Waals surface area contributed by atoms with Gasteiger partial charge >= 0.3 is 0 Å². The highest BCUT2D eigenvalue weighted by Crippen LogP contribution is 2.23. The Kier molecular flexibility index (Phi) is 5.97. The van der Waals surface area contributed by atoms with Crippen LogP contribution in [0, 0.1) is 0 Å². The van der Waals surface area contributed by atoms with Crippen molar-refractivity contribution >= 4 is 17.5 Å². The fourth-order valence-corrected chi connectivity index (χ4v) is 2.51. The molecule has 132 valence electrons. The van der Waals surface area contributed by atoms with Gasteiger partial charge in [0.15, 0.2) is 0 Å². The number of nitrogens with one attached hydrogen (secondary N) is 1. The molecule has 4 heteroatoms. The van der Waals surface area contributed by atoms with E-state index >= 15 is 0 Å². The van der Waals surface area contributed by atoms with Crippen molar-refractivity contribution in [3.8, 4) is 0 Å². The van der Waals surface area contributed by atoms with Crippen LogP contribution in [-0.2, 0) is 21.5 Å². The predicted octanol–water partition coefficient (Wildman–Crippen LogP) is 3.97. The number of carbonyl (C=O) groups excluding carboxylic acids is 2. The molecule has 2 aromatic carbocycles. The molecule has 1 N–H and O–H groups in total. The average molecular weight is 338 g/mol. The molecule has 0 atom stereocenters. The van der Waals surface area contributed by atoms with Gasteiger partial charge in [0.2, 0.25) is 11.8 Å². The van der Waals surface area contributed by atoms with Gasteiger partial charge < -0.3 is 10.2 Å². The van der Waals surface area contributed by atoms with Crippen LogP contribution in [0.25, 0.3) is 0 Å². The summed E-state index contributed by atoms with van der Waals surface area (Å²) in [6.45, 7) is 8.38. The third-order valence-electron chi connectivity index (χ3n) is 4.03. The summed E-state index contributed by atoms with van der Waals surface area (Å²) in [6.07, 6.45) is 0. The lowest BCUT2D eigenvalue weighted by Gasteiger charge is -2.21. The maximum atomic E-state index is 12.3. The standard InChI is InChI=1S/C21H26N2O2/c1-16(24)23(14-17-8-6-5-7-9-17)15-20(25)22-19-12-10-18(11-13-19)21(2,3)4/h5-13H,14-15H2,1-4H3,(H,22,25). The Morgan fingerprint density at radius 2 is 1.56 bits per heavy atom. The summed E-state index contributed by atoms with van der Waals surface area (Å²) in [5, 5.41) is 2.86. The van der Waals surface area contributed by atoms with Crippen LogP contribution >= 0.6 is 0 Å². The lowest BCUT2D eigenvalue weighted by atomic mass is 9.87. The number of carbonyl (C=O) groups is 2. The average Bonchev–Trinajstić information content (AvgIpc) is 2.54. The van der Waals surface area contributed by atoms with Crippen LogP contribution in [0.3, 0.4) is 0 Å². The summed E-state index contributed by atoms with van der Waals surface area (Å²) in [7, 11) is 0. The summed E-state index contributed by atoms with van der Waals surface area (Å²) < 4.78 is 0. The molecule has 0 radical (unpaired) electrons. The summed E-state index contributed by atoms with van der Waals surface area (Å²) >= 11 is 0. The third kappa shape index (κ3) is 5.75. The van der Waals surface area contributed by atoms with Gasteiger partial charge in [-0.2, -0.15) is 0 Å². The quantitative estimate of drug-likeness (QED) is 0.897.